The standard InChI is InChI=1S/C12H14N8OS2/c1-19-9(21)7-8(17-11(19)23-12-18-14-6-22-12)16-10(15-7)20-4-2-13-3-5-20/h6,13H,2-5H2,1H3,(H,15,16). The van der Waals surface area contributed by atoms with E-state index >= 15 is 0 Å². The second-order valence-electron chi connectivity index (χ2n) is 5.06. The maximum absolute atomic E-state index is 12.5. The zero-order valence-corrected chi connectivity index (χ0v) is 13.9. The molecule has 9 nitrogen and oxygen atoms in total. The molecule has 11 heteroatoms. The highest BCUT2D eigenvalue weighted by molar-refractivity contribution is 8.00. The number of anilines is 1. The molecule has 0 atom stereocenters. The highest BCUT2D eigenvalue weighted by Crippen LogP contribution is 2.27. The van der Waals surface area contributed by atoms with Gasteiger partial charge in [0.1, 0.15) is 5.51 Å². The number of rotatable bonds is 3. The van der Waals surface area contributed by atoms with Crippen LogP contribution in [0.2, 0.25) is 0 Å². The van der Waals surface area contributed by atoms with Crippen molar-refractivity contribution in [1.82, 2.24) is 35.0 Å². The van der Waals surface area contributed by atoms with Crippen LogP contribution in [0.4, 0.5) is 5.95 Å². The van der Waals surface area contributed by atoms with Gasteiger partial charge in [0.05, 0.1) is 0 Å². The molecule has 0 saturated carbocycles. The van der Waals surface area contributed by atoms with Crippen molar-refractivity contribution in [3.05, 3.63) is 15.9 Å². The van der Waals surface area contributed by atoms with Crippen molar-refractivity contribution in [2.75, 3.05) is 31.1 Å². The number of aromatic nitrogens is 6. The van der Waals surface area contributed by atoms with Crippen LogP contribution in [-0.2, 0) is 7.05 Å². The van der Waals surface area contributed by atoms with Gasteiger partial charge < -0.3 is 15.2 Å². The maximum atomic E-state index is 12.5. The number of nitrogens with zero attached hydrogens (tertiary/aromatic N) is 6. The molecule has 0 aliphatic carbocycles. The van der Waals surface area contributed by atoms with Gasteiger partial charge in [0, 0.05) is 33.2 Å². The minimum absolute atomic E-state index is 0.143. The van der Waals surface area contributed by atoms with Crippen molar-refractivity contribution in [3.63, 3.8) is 0 Å². The summed E-state index contributed by atoms with van der Waals surface area (Å²) in [5, 5.41) is 11.6. The summed E-state index contributed by atoms with van der Waals surface area (Å²) < 4.78 is 2.25. The van der Waals surface area contributed by atoms with Crippen molar-refractivity contribution < 1.29 is 0 Å². The van der Waals surface area contributed by atoms with Crippen LogP contribution in [0.3, 0.4) is 0 Å². The van der Waals surface area contributed by atoms with E-state index in [9.17, 15) is 4.79 Å². The fourth-order valence-electron chi connectivity index (χ4n) is 2.41. The maximum Gasteiger partial charge on any atom is 0.280 e. The summed E-state index contributed by atoms with van der Waals surface area (Å²) in [5.74, 6) is 0.698. The Hall–Kier alpha value is -1.98. The second kappa shape index (κ2) is 5.91. The number of imidazole rings is 1. The van der Waals surface area contributed by atoms with Gasteiger partial charge in [0.15, 0.2) is 20.7 Å². The first-order valence-corrected chi connectivity index (χ1v) is 8.78. The SMILES string of the molecule is Cn1c(Sc2nncs2)nc2nc(N3CCNCC3)[nH]c2c1=O. The third-order valence-corrected chi connectivity index (χ3v) is 5.44. The lowest BCUT2D eigenvalue weighted by Gasteiger charge is -2.26. The summed E-state index contributed by atoms with van der Waals surface area (Å²) in [6, 6.07) is 0. The molecule has 4 heterocycles. The van der Waals surface area contributed by atoms with Gasteiger partial charge in [-0.2, -0.15) is 4.98 Å². The topological polar surface area (TPSA) is 105 Å². The molecule has 0 radical (unpaired) electrons. The molecule has 0 aromatic carbocycles. The number of nitrogens with one attached hydrogen (secondary N) is 2. The predicted molar refractivity (Wildman–Crippen MR) is 88.2 cm³/mol. The third-order valence-electron chi connectivity index (χ3n) is 3.61. The normalized spacial score (nSPS) is 15.4. The van der Waals surface area contributed by atoms with Crippen LogP contribution in [0.1, 0.15) is 0 Å². The molecule has 0 spiro atoms. The smallest absolute Gasteiger partial charge is 0.280 e. The van der Waals surface area contributed by atoms with E-state index in [-0.39, 0.29) is 5.56 Å². The molecule has 0 amide bonds. The highest BCUT2D eigenvalue weighted by atomic mass is 32.2. The number of fused-ring (bicyclic) bond motifs is 1. The molecule has 120 valence electrons. The molecule has 4 rings (SSSR count). The molecular weight excluding hydrogens is 336 g/mol. The largest absolute Gasteiger partial charge is 0.340 e. The van der Waals surface area contributed by atoms with Crippen LogP contribution in [-0.4, -0.2) is 55.9 Å². The van der Waals surface area contributed by atoms with Gasteiger partial charge in [-0.15, -0.1) is 10.2 Å². The lowest BCUT2D eigenvalue weighted by molar-refractivity contribution is 0.582. The second-order valence-corrected chi connectivity index (χ2v) is 7.11. The van der Waals surface area contributed by atoms with Crippen LogP contribution in [0.5, 0.6) is 0 Å². The molecule has 3 aromatic rings. The van der Waals surface area contributed by atoms with Crippen LogP contribution in [0.25, 0.3) is 11.2 Å². The van der Waals surface area contributed by atoms with Crippen LogP contribution in [0.15, 0.2) is 19.8 Å². The van der Waals surface area contributed by atoms with E-state index in [1.807, 2.05) is 0 Å². The van der Waals surface area contributed by atoms with Gasteiger partial charge in [-0.1, -0.05) is 11.3 Å². The molecule has 1 aliphatic heterocycles. The molecule has 1 aliphatic rings. The minimum Gasteiger partial charge on any atom is -0.340 e. The first-order chi connectivity index (χ1) is 11.2. The Kier molecular flexibility index (Phi) is 3.75. The summed E-state index contributed by atoms with van der Waals surface area (Å²) in [7, 11) is 1.70. The number of aromatic amines is 1. The van der Waals surface area contributed by atoms with E-state index in [2.05, 4.69) is 35.4 Å². The minimum atomic E-state index is -0.143. The van der Waals surface area contributed by atoms with Crippen molar-refractivity contribution in [2.24, 2.45) is 7.05 Å². The van der Waals surface area contributed by atoms with Crippen molar-refractivity contribution in [1.29, 1.82) is 0 Å². The summed E-state index contributed by atoms with van der Waals surface area (Å²) in [6.07, 6.45) is 0. The van der Waals surface area contributed by atoms with E-state index in [1.165, 1.54) is 27.7 Å². The van der Waals surface area contributed by atoms with Crippen molar-refractivity contribution >= 4 is 40.2 Å². The molecule has 2 N–H and O–H groups in total. The number of hydrogen-bond acceptors (Lipinski definition) is 9. The zero-order chi connectivity index (χ0) is 15.8. The van der Waals surface area contributed by atoms with Gasteiger partial charge in [0.2, 0.25) is 5.95 Å². The van der Waals surface area contributed by atoms with E-state index in [0.29, 0.717) is 22.3 Å². The van der Waals surface area contributed by atoms with E-state index in [1.54, 1.807) is 12.6 Å². The Morgan fingerprint density at radius 3 is 2.87 bits per heavy atom. The Morgan fingerprint density at radius 2 is 2.13 bits per heavy atom. The lowest BCUT2D eigenvalue weighted by Crippen LogP contribution is -2.44. The third kappa shape index (κ3) is 2.71. The monoisotopic (exact) mass is 350 g/mol. The summed E-state index contributed by atoms with van der Waals surface area (Å²) in [5.41, 5.74) is 2.38. The number of piperazine rings is 1. The van der Waals surface area contributed by atoms with Crippen LogP contribution < -0.4 is 15.8 Å². The zero-order valence-electron chi connectivity index (χ0n) is 12.3. The van der Waals surface area contributed by atoms with Crippen LogP contribution >= 0.6 is 23.1 Å². The quantitative estimate of drug-likeness (QED) is 0.640. The fourth-order valence-corrected chi connectivity index (χ4v) is 3.83. The summed E-state index contributed by atoms with van der Waals surface area (Å²) >= 11 is 2.72. The van der Waals surface area contributed by atoms with Crippen molar-refractivity contribution in [2.45, 2.75) is 9.50 Å². The average molecular weight is 350 g/mol. The summed E-state index contributed by atoms with van der Waals surface area (Å²) in [6.45, 7) is 3.51. The van der Waals surface area contributed by atoms with Gasteiger partial charge in [0.25, 0.3) is 5.56 Å². The van der Waals surface area contributed by atoms with Crippen molar-refractivity contribution in [3.8, 4) is 0 Å². The Labute approximate surface area is 139 Å². The fraction of sp³-hybridized carbons (Fsp3) is 0.417. The molecular formula is C12H14N8OS2. The predicted octanol–water partition coefficient (Wildman–Crippen LogP) is 0.0689. The first-order valence-electron chi connectivity index (χ1n) is 7.09. The number of hydrogen-bond donors (Lipinski definition) is 2. The molecule has 3 aromatic heterocycles. The Morgan fingerprint density at radius 1 is 1.30 bits per heavy atom. The summed E-state index contributed by atoms with van der Waals surface area (Å²) in [4.78, 5) is 26.8. The highest BCUT2D eigenvalue weighted by Gasteiger charge is 2.18. The van der Waals surface area contributed by atoms with Gasteiger partial charge >= 0.3 is 0 Å². The molecule has 0 bridgehead atoms. The van der Waals surface area contributed by atoms with E-state index < -0.39 is 0 Å². The van der Waals surface area contributed by atoms with E-state index in [4.69, 9.17) is 0 Å². The lowest BCUT2D eigenvalue weighted by atomic mass is 10.4. The molecule has 1 saturated heterocycles. The Bertz CT molecular complexity index is 880. The van der Waals surface area contributed by atoms with Gasteiger partial charge in [-0.25, -0.2) is 4.98 Å². The molecule has 0 unspecified atom stereocenters. The number of H-pyrrole nitrogens is 1. The molecule has 1 fully saturated rings. The van der Waals surface area contributed by atoms with Gasteiger partial charge in [-0.05, 0) is 11.8 Å². The van der Waals surface area contributed by atoms with Crippen LogP contribution in [0, 0.1) is 0 Å². The molecule has 23 heavy (non-hydrogen) atoms. The van der Waals surface area contributed by atoms with E-state index in [0.717, 1.165) is 30.5 Å². The Balaban J connectivity index is 1.75. The first kappa shape index (κ1) is 14.6. The van der Waals surface area contributed by atoms with Gasteiger partial charge in [-0.3, -0.25) is 9.36 Å². The average Bonchev–Trinajstić information content (AvgIpc) is 3.23.